The number of H-pyrrole nitrogens is 1. The summed E-state index contributed by atoms with van der Waals surface area (Å²) in [4.78, 5) is 23.5. The van der Waals surface area contributed by atoms with Crippen LogP contribution in [0, 0.1) is 12.3 Å². The summed E-state index contributed by atoms with van der Waals surface area (Å²) in [6.07, 6.45) is 8.10. The maximum atomic E-state index is 13.5. The van der Waals surface area contributed by atoms with Gasteiger partial charge >= 0.3 is 0 Å². The fourth-order valence-electron chi connectivity index (χ4n) is 4.21. The molecule has 0 radical (unpaired) electrons. The van der Waals surface area contributed by atoms with Crippen LogP contribution in [-0.4, -0.2) is 27.3 Å². The molecule has 0 aliphatic carbocycles. The first-order chi connectivity index (χ1) is 14.3. The van der Waals surface area contributed by atoms with Gasteiger partial charge in [-0.05, 0) is 48.4 Å². The molecule has 0 spiro atoms. The molecular weight excluding hydrogens is 358 g/mol. The maximum absolute atomic E-state index is 13.5. The van der Waals surface area contributed by atoms with Gasteiger partial charge in [0.1, 0.15) is 6.04 Å². The van der Waals surface area contributed by atoms with Crippen LogP contribution in [0.3, 0.4) is 0 Å². The number of carbonyl (C=O) groups is 1. The van der Waals surface area contributed by atoms with Crippen LogP contribution in [-0.2, 0) is 6.42 Å². The highest BCUT2D eigenvalue weighted by atomic mass is 16.2. The lowest BCUT2D eigenvalue weighted by atomic mass is 9.94. The van der Waals surface area contributed by atoms with Gasteiger partial charge in [0.15, 0.2) is 0 Å². The third-order valence-electron chi connectivity index (χ3n) is 5.54. The molecule has 4 heteroatoms. The summed E-state index contributed by atoms with van der Waals surface area (Å²) in [6, 6.07) is 21.1. The average molecular weight is 377 g/mol. The molecule has 5 rings (SSSR count). The largest absolute Gasteiger partial charge is 0.356 e. The molecule has 1 N–H and O–H groups in total. The van der Waals surface area contributed by atoms with Crippen LogP contribution in [0.1, 0.15) is 38.9 Å². The molecule has 2 aromatic carbocycles. The third kappa shape index (κ3) is 2.88. The number of aromatic amines is 1. The maximum Gasteiger partial charge on any atom is 0.254 e. The zero-order chi connectivity index (χ0) is 19.8. The molecular formula is C25H19N3O. The Bertz CT molecular complexity index is 1250. The second kappa shape index (κ2) is 6.96. The minimum Gasteiger partial charge on any atom is -0.356 e. The molecule has 1 aliphatic heterocycles. The molecule has 4 aromatic rings. The normalized spacial score (nSPS) is 15.7. The number of pyridine rings is 1. The molecule has 1 atom stereocenters. The number of nitrogens with zero attached hydrogens (tertiary/aromatic N) is 2. The van der Waals surface area contributed by atoms with Crippen LogP contribution in [0.2, 0.25) is 0 Å². The van der Waals surface area contributed by atoms with E-state index in [0.717, 1.165) is 23.3 Å². The Morgan fingerprint density at radius 1 is 1.10 bits per heavy atom. The Morgan fingerprint density at radius 3 is 2.79 bits per heavy atom. The lowest BCUT2D eigenvalue weighted by Gasteiger charge is -2.35. The zero-order valence-electron chi connectivity index (χ0n) is 15.8. The van der Waals surface area contributed by atoms with Crippen molar-refractivity contribution in [3.63, 3.8) is 0 Å². The van der Waals surface area contributed by atoms with E-state index in [9.17, 15) is 4.79 Å². The first-order valence-corrected chi connectivity index (χ1v) is 9.64. The fraction of sp³-hybridized carbons (Fsp3) is 0.120. The number of benzene rings is 2. The zero-order valence-corrected chi connectivity index (χ0v) is 15.8. The summed E-state index contributed by atoms with van der Waals surface area (Å²) in [7, 11) is 0. The van der Waals surface area contributed by atoms with E-state index in [1.54, 1.807) is 12.3 Å². The van der Waals surface area contributed by atoms with E-state index < -0.39 is 0 Å². The molecule has 29 heavy (non-hydrogen) atoms. The van der Waals surface area contributed by atoms with Gasteiger partial charge < -0.3 is 9.88 Å². The van der Waals surface area contributed by atoms with Gasteiger partial charge in [0, 0.05) is 40.5 Å². The summed E-state index contributed by atoms with van der Waals surface area (Å²) >= 11 is 0. The number of nitrogens with one attached hydrogen (secondary N) is 1. The highest BCUT2D eigenvalue weighted by molar-refractivity contribution is 5.96. The number of amides is 1. The number of terminal acetylenes is 1. The summed E-state index contributed by atoms with van der Waals surface area (Å²) in [5.74, 6) is 2.57. The third-order valence-corrected chi connectivity index (χ3v) is 5.54. The van der Waals surface area contributed by atoms with Crippen LogP contribution in [0.15, 0.2) is 72.9 Å². The van der Waals surface area contributed by atoms with E-state index >= 15 is 0 Å². The predicted octanol–water partition coefficient (Wildman–Crippen LogP) is 4.33. The van der Waals surface area contributed by atoms with Gasteiger partial charge in [-0.3, -0.25) is 9.78 Å². The number of fused-ring (bicyclic) bond motifs is 3. The number of aromatic nitrogens is 2. The van der Waals surface area contributed by atoms with Crippen LogP contribution >= 0.6 is 0 Å². The summed E-state index contributed by atoms with van der Waals surface area (Å²) in [5.41, 5.74) is 5.54. The monoisotopic (exact) mass is 377 g/mol. The van der Waals surface area contributed by atoms with Crippen LogP contribution < -0.4 is 0 Å². The lowest BCUT2D eigenvalue weighted by molar-refractivity contribution is 0.0688. The molecule has 0 bridgehead atoms. The van der Waals surface area contributed by atoms with Gasteiger partial charge in [-0.15, -0.1) is 6.42 Å². The predicted molar refractivity (Wildman–Crippen MR) is 113 cm³/mol. The molecule has 4 nitrogen and oxygen atoms in total. The van der Waals surface area contributed by atoms with Crippen molar-refractivity contribution in [2.24, 2.45) is 0 Å². The second-order valence-corrected chi connectivity index (χ2v) is 7.19. The minimum atomic E-state index is -0.269. The van der Waals surface area contributed by atoms with E-state index in [-0.39, 0.29) is 11.9 Å². The first-order valence-electron chi connectivity index (χ1n) is 9.64. The molecule has 1 aliphatic rings. The van der Waals surface area contributed by atoms with Crippen molar-refractivity contribution in [3.05, 3.63) is 101 Å². The fourth-order valence-corrected chi connectivity index (χ4v) is 4.21. The van der Waals surface area contributed by atoms with Crippen LogP contribution in [0.4, 0.5) is 0 Å². The van der Waals surface area contributed by atoms with Crippen molar-refractivity contribution in [2.45, 2.75) is 12.5 Å². The Kier molecular flexibility index (Phi) is 4.14. The van der Waals surface area contributed by atoms with Gasteiger partial charge in [0.05, 0.1) is 5.69 Å². The van der Waals surface area contributed by atoms with E-state index in [4.69, 9.17) is 6.42 Å². The van der Waals surface area contributed by atoms with Gasteiger partial charge in [-0.2, -0.15) is 0 Å². The number of hydrogen-bond donors (Lipinski definition) is 1. The number of hydrogen-bond acceptors (Lipinski definition) is 2. The minimum absolute atomic E-state index is 0.0398. The van der Waals surface area contributed by atoms with Crippen LogP contribution in [0.5, 0.6) is 0 Å². The van der Waals surface area contributed by atoms with Crippen molar-refractivity contribution in [1.82, 2.24) is 14.9 Å². The number of para-hydroxylation sites is 1. The Balaban J connectivity index is 1.65. The SMILES string of the molecule is C#Cc1cccc(C(=O)N2CCc3c([nH]c4ccccc34)[C@H]2c2ccccn2)c1. The van der Waals surface area contributed by atoms with E-state index in [1.807, 2.05) is 47.4 Å². The standard InChI is InChI=1S/C25H19N3O/c1-2-17-8-7-9-18(16-17)25(29)28-15-13-20-19-10-3-4-11-21(19)27-23(20)24(28)22-12-5-6-14-26-22/h1,3-12,14,16,24,27H,13,15H2/t24-/m1/s1. The summed E-state index contributed by atoms with van der Waals surface area (Å²) < 4.78 is 0. The smallest absolute Gasteiger partial charge is 0.254 e. The molecule has 1 amide bonds. The topological polar surface area (TPSA) is 49.0 Å². The molecule has 0 unspecified atom stereocenters. The first kappa shape index (κ1) is 17.3. The van der Waals surface area contributed by atoms with Gasteiger partial charge in [0.2, 0.25) is 0 Å². The van der Waals surface area contributed by atoms with Crippen molar-refractivity contribution in [2.75, 3.05) is 6.54 Å². The summed E-state index contributed by atoms with van der Waals surface area (Å²) in [5, 5.41) is 1.21. The van der Waals surface area contributed by atoms with E-state index in [0.29, 0.717) is 17.7 Å². The number of carbonyl (C=O) groups excluding carboxylic acids is 1. The molecule has 0 saturated heterocycles. The lowest BCUT2D eigenvalue weighted by Crippen LogP contribution is -2.41. The second-order valence-electron chi connectivity index (χ2n) is 7.19. The van der Waals surface area contributed by atoms with Crippen molar-refractivity contribution >= 4 is 16.8 Å². The van der Waals surface area contributed by atoms with E-state index in [2.05, 4.69) is 34.1 Å². The van der Waals surface area contributed by atoms with E-state index in [1.165, 1.54) is 10.9 Å². The summed E-state index contributed by atoms with van der Waals surface area (Å²) in [6.45, 7) is 0.620. The molecule has 0 fully saturated rings. The van der Waals surface area contributed by atoms with Crippen LogP contribution in [0.25, 0.3) is 10.9 Å². The Hall–Kier alpha value is -3.84. The van der Waals surface area contributed by atoms with Gasteiger partial charge in [0.25, 0.3) is 5.91 Å². The van der Waals surface area contributed by atoms with Crippen molar-refractivity contribution < 1.29 is 4.79 Å². The molecule has 2 aromatic heterocycles. The van der Waals surface area contributed by atoms with Gasteiger partial charge in [-0.1, -0.05) is 36.3 Å². The highest BCUT2D eigenvalue weighted by Gasteiger charge is 2.35. The van der Waals surface area contributed by atoms with Crippen molar-refractivity contribution in [1.29, 1.82) is 0 Å². The molecule has 3 heterocycles. The van der Waals surface area contributed by atoms with Crippen molar-refractivity contribution in [3.8, 4) is 12.3 Å². The Morgan fingerprint density at radius 2 is 1.97 bits per heavy atom. The highest BCUT2D eigenvalue weighted by Crippen LogP contribution is 2.38. The quantitative estimate of drug-likeness (QED) is 0.529. The molecule has 140 valence electrons. The van der Waals surface area contributed by atoms with Gasteiger partial charge in [-0.25, -0.2) is 0 Å². The number of rotatable bonds is 2. The Labute approximate surface area is 169 Å². The molecule has 0 saturated carbocycles. The average Bonchev–Trinajstić information content (AvgIpc) is 3.17.